The number of carbonyl (C=O) groups is 1. The molecule has 0 aliphatic rings. The molecule has 0 N–H and O–H groups in total. The molecule has 0 radical (unpaired) electrons. The van der Waals surface area contributed by atoms with Gasteiger partial charge in [0, 0.05) is 16.2 Å². The second-order valence-corrected chi connectivity index (χ2v) is 5.93. The summed E-state index contributed by atoms with van der Waals surface area (Å²) in [6.45, 7) is 0. The highest BCUT2D eigenvalue weighted by Crippen LogP contribution is 2.16. The van der Waals surface area contributed by atoms with Crippen LogP contribution in [0, 0.1) is 3.57 Å². The largest absolute Gasteiger partial charge is 0.331 e. The van der Waals surface area contributed by atoms with Crippen molar-refractivity contribution >= 4 is 39.4 Å². The van der Waals surface area contributed by atoms with Crippen molar-refractivity contribution in [1.29, 1.82) is 0 Å². The Bertz CT molecular complexity index is 775. The van der Waals surface area contributed by atoms with Gasteiger partial charge in [0.1, 0.15) is 5.82 Å². The lowest BCUT2D eigenvalue weighted by atomic mass is 10.1. The molecule has 0 fully saturated rings. The van der Waals surface area contributed by atoms with Gasteiger partial charge in [-0.25, -0.2) is 4.98 Å². The number of para-hydroxylation sites is 2. The van der Waals surface area contributed by atoms with Crippen LogP contribution in [-0.4, -0.2) is 15.3 Å². The Morgan fingerprint density at radius 2 is 1.85 bits per heavy atom. The van der Waals surface area contributed by atoms with E-state index in [0.717, 1.165) is 26.0 Å². The summed E-state index contributed by atoms with van der Waals surface area (Å²) in [6.07, 6.45) is 0.325. The number of ketones is 1. The third kappa shape index (κ3) is 2.47. The summed E-state index contributed by atoms with van der Waals surface area (Å²) in [5.41, 5.74) is 2.72. The van der Waals surface area contributed by atoms with Crippen LogP contribution in [0.25, 0.3) is 11.0 Å². The lowest BCUT2D eigenvalue weighted by molar-refractivity contribution is 0.0990. The van der Waals surface area contributed by atoms with Crippen molar-refractivity contribution < 1.29 is 4.79 Å². The van der Waals surface area contributed by atoms with Gasteiger partial charge in [0.05, 0.1) is 17.5 Å². The number of halogens is 1. The topological polar surface area (TPSA) is 34.9 Å². The smallest absolute Gasteiger partial charge is 0.170 e. The average Bonchev–Trinajstić information content (AvgIpc) is 2.77. The predicted octanol–water partition coefficient (Wildman–Crippen LogP) is 3.60. The van der Waals surface area contributed by atoms with E-state index in [0.29, 0.717) is 6.42 Å². The first-order chi connectivity index (χ1) is 9.65. The van der Waals surface area contributed by atoms with Gasteiger partial charge in [0.2, 0.25) is 0 Å². The molecule has 20 heavy (non-hydrogen) atoms. The first-order valence-corrected chi connectivity index (χ1v) is 7.42. The number of Topliss-reactive ketones (excluding diaryl/α,β-unsaturated/α-hetero) is 1. The van der Waals surface area contributed by atoms with Gasteiger partial charge in [-0.3, -0.25) is 4.79 Å². The lowest BCUT2D eigenvalue weighted by Crippen LogP contribution is -2.08. The van der Waals surface area contributed by atoms with Gasteiger partial charge in [-0.1, -0.05) is 24.3 Å². The van der Waals surface area contributed by atoms with E-state index in [1.165, 1.54) is 0 Å². The van der Waals surface area contributed by atoms with Gasteiger partial charge < -0.3 is 4.57 Å². The molecule has 0 bridgehead atoms. The Hall–Kier alpha value is -1.69. The summed E-state index contributed by atoms with van der Waals surface area (Å²) < 4.78 is 3.11. The number of aryl methyl sites for hydroxylation is 1. The van der Waals surface area contributed by atoms with Gasteiger partial charge in [0.25, 0.3) is 0 Å². The highest BCUT2D eigenvalue weighted by molar-refractivity contribution is 14.1. The minimum absolute atomic E-state index is 0.0970. The maximum atomic E-state index is 12.3. The Labute approximate surface area is 130 Å². The van der Waals surface area contributed by atoms with E-state index >= 15 is 0 Å². The minimum atomic E-state index is 0.0970. The van der Waals surface area contributed by atoms with E-state index in [4.69, 9.17) is 0 Å². The molecule has 0 aliphatic heterocycles. The number of hydrogen-bond donors (Lipinski definition) is 0. The van der Waals surface area contributed by atoms with E-state index in [2.05, 4.69) is 27.6 Å². The fourth-order valence-corrected chi connectivity index (χ4v) is 2.59. The number of aromatic nitrogens is 2. The molecule has 0 atom stereocenters. The number of hydrogen-bond acceptors (Lipinski definition) is 2. The van der Waals surface area contributed by atoms with Crippen molar-refractivity contribution in [2.24, 2.45) is 7.05 Å². The van der Waals surface area contributed by atoms with Crippen LogP contribution in [0.3, 0.4) is 0 Å². The van der Waals surface area contributed by atoms with Gasteiger partial charge >= 0.3 is 0 Å². The molecular formula is C16H13IN2O. The van der Waals surface area contributed by atoms with Gasteiger partial charge in [-0.15, -0.1) is 0 Å². The van der Waals surface area contributed by atoms with E-state index < -0.39 is 0 Å². The Morgan fingerprint density at radius 1 is 1.15 bits per heavy atom. The van der Waals surface area contributed by atoms with Gasteiger partial charge in [-0.05, 0) is 46.9 Å². The number of imidazole rings is 1. The third-order valence-electron chi connectivity index (χ3n) is 3.36. The molecule has 0 unspecified atom stereocenters. The number of carbonyl (C=O) groups excluding carboxylic acids is 1. The maximum absolute atomic E-state index is 12.3. The van der Waals surface area contributed by atoms with Crippen molar-refractivity contribution in [3.05, 3.63) is 63.5 Å². The molecule has 4 heteroatoms. The maximum Gasteiger partial charge on any atom is 0.170 e. The van der Waals surface area contributed by atoms with Crippen molar-refractivity contribution in [2.45, 2.75) is 6.42 Å². The summed E-state index contributed by atoms with van der Waals surface area (Å²) in [5, 5.41) is 0. The van der Waals surface area contributed by atoms with Crippen LogP contribution in [0.1, 0.15) is 16.2 Å². The molecule has 1 heterocycles. The molecule has 0 amide bonds. The molecule has 100 valence electrons. The van der Waals surface area contributed by atoms with E-state index in [9.17, 15) is 4.79 Å². The summed E-state index contributed by atoms with van der Waals surface area (Å²) in [6, 6.07) is 15.6. The zero-order chi connectivity index (χ0) is 14.1. The summed E-state index contributed by atoms with van der Waals surface area (Å²) >= 11 is 2.23. The van der Waals surface area contributed by atoms with Gasteiger partial charge in [0.15, 0.2) is 5.78 Å². The Morgan fingerprint density at radius 3 is 2.55 bits per heavy atom. The summed E-state index contributed by atoms with van der Waals surface area (Å²) in [7, 11) is 1.95. The Kier molecular flexibility index (Phi) is 3.56. The molecule has 3 rings (SSSR count). The standard InChI is InChI=1S/C16H13IN2O/c1-19-14-5-3-2-4-13(14)18-16(19)10-15(20)11-6-8-12(17)9-7-11/h2-9H,10H2,1H3. The number of fused-ring (bicyclic) bond motifs is 1. The Balaban J connectivity index is 1.91. The van der Waals surface area contributed by atoms with E-state index in [-0.39, 0.29) is 5.78 Å². The van der Waals surface area contributed by atoms with E-state index in [1.807, 2.05) is 60.1 Å². The monoisotopic (exact) mass is 376 g/mol. The fourth-order valence-electron chi connectivity index (χ4n) is 2.23. The second kappa shape index (κ2) is 5.36. The van der Waals surface area contributed by atoms with Crippen LogP contribution in [0.15, 0.2) is 48.5 Å². The molecule has 3 aromatic rings. The highest BCUT2D eigenvalue weighted by atomic mass is 127. The highest BCUT2D eigenvalue weighted by Gasteiger charge is 2.13. The molecule has 0 spiro atoms. The van der Waals surface area contributed by atoms with Gasteiger partial charge in [-0.2, -0.15) is 0 Å². The first-order valence-electron chi connectivity index (χ1n) is 6.34. The predicted molar refractivity (Wildman–Crippen MR) is 87.9 cm³/mol. The number of nitrogens with zero attached hydrogens (tertiary/aromatic N) is 2. The minimum Gasteiger partial charge on any atom is -0.331 e. The molecule has 2 aromatic carbocycles. The van der Waals surface area contributed by atoms with Crippen LogP contribution in [0.4, 0.5) is 0 Å². The van der Waals surface area contributed by atoms with Crippen LogP contribution >= 0.6 is 22.6 Å². The van der Waals surface area contributed by atoms with Crippen LogP contribution in [0.2, 0.25) is 0 Å². The molecule has 3 nitrogen and oxygen atoms in total. The SMILES string of the molecule is Cn1c(CC(=O)c2ccc(I)cc2)nc2ccccc21. The van der Waals surface area contributed by atoms with Crippen LogP contribution < -0.4 is 0 Å². The summed E-state index contributed by atoms with van der Waals surface area (Å²) in [4.78, 5) is 16.8. The molecule has 1 aromatic heterocycles. The molecule has 0 saturated heterocycles. The molecular weight excluding hydrogens is 363 g/mol. The molecule has 0 saturated carbocycles. The van der Waals surface area contributed by atoms with Crippen molar-refractivity contribution in [1.82, 2.24) is 9.55 Å². The lowest BCUT2D eigenvalue weighted by Gasteiger charge is -2.02. The molecule has 0 aliphatic carbocycles. The van der Waals surface area contributed by atoms with Crippen LogP contribution in [-0.2, 0) is 13.5 Å². The third-order valence-corrected chi connectivity index (χ3v) is 4.08. The number of benzene rings is 2. The van der Waals surface area contributed by atoms with E-state index in [1.54, 1.807) is 0 Å². The zero-order valence-electron chi connectivity index (χ0n) is 11.0. The normalized spacial score (nSPS) is 10.9. The van der Waals surface area contributed by atoms with Crippen molar-refractivity contribution in [3.8, 4) is 0 Å². The van der Waals surface area contributed by atoms with Crippen molar-refractivity contribution in [3.63, 3.8) is 0 Å². The first kappa shape index (κ1) is 13.3. The number of rotatable bonds is 3. The van der Waals surface area contributed by atoms with Crippen LogP contribution in [0.5, 0.6) is 0 Å². The van der Waals surface area contributed by atoms with Crippen molar-refractivity contribution in [2.75, 3.05) is 0 Å². The average molecular weight is 376 g/mol. The quantitative estimate of drug-likeness (QED) is 0.517. The zero-order valence-corrected chi connectivity index (χ0v) is 13.2. The summed E-state index contributed by atoms with van der Waals surface area (Å²) in [5.74, 6) is 0.898. The second-order valence-electron chi connectivity index (χ2n) is 4.68. The fraction of sp³-hybridized carbons (Fsp3) is 0.125.